The van der Waals surface area contributed by atoms with Crippen molar-refractivity contribution in [3.05, 3.63) is 88.3 Å². The molecular formula is C23H21N5O3. The minimum atomic E-state index is -0.641. The summed E-state index contributed by atoms with van der Waals surface area (Å²) in [5.41, 5.74) is 7.76. The maximum absolute atomic E-state index is 13.1. The highest BCUT2D eigenvalue weighted by atomic mass is 16.2. The molecule has 0 radical (unpaired) electrons. The van der Waals surface area contributed by atoms with Crippen molar-refractivity contribution in [2.75, 3.05) is 5.32 Å². The lowest BCUT2D eigenvalue weighted by atomic mass is 10.1. The molecule has 0 saturated carbocycles. The highest BCUT2D eigenvalue weighted by molar-refractivity contribution is 6.03. The molecule has 0 aliphatic rings. The van der Waals surface area contributed by atoms with Crippen LogP contribution in [-0.2, 0) is 17.8 Å². The van der Waals surface area contributed by atoms with E-state index >= 15 is 0 Å². The van der Waals surface area contributed by atoms with Crippen LogP contribution in [-0.4, -0.2) is 26.2 Å². The van der Waals surface area contributed by atoms with Crippen LogP contribution in [0.15, 0.2) is 71.7 Å². The molecule has 8 heteroatoms. The Morgan fingerprint density at radius 3 is 2.65 bits per heavy atom. The van der Waals surface area contributed by atoms with E-state index in [0.29, 0.717) is 22.4 Å². The Balaban J connectivity index is 1.78. The normalized spacial score (nSPS) is 10.9. The fourth-order valence-electron chi connectivity index (χ4n) is 3.53. The third-order valence-corrected chi connectivity index (χ3v) is 5.02. The lowest BCUT2D eigenvalue weighted by Gasteiger charge is -2.14. The molecule has 8 nitrogen and oxygen atoms in total. The van der Waals surface area contributed by atoms with E-state index in [0.717, 1.165) is 12.0 Å². The number of para-hydroxylation sites is 1. The number of pyridine rings is 1. The van der Waals surface area contributed by atoms with Crippen LogP contribution in [0.3, 0.4) is 0 Å². The number of nitrogens with two attached hydrogens (primary N) is 1. The van der Waals surface area contributed by atoms with Crippen molar-refractivity contribution in [2.24, 2.45) is 5.73 Å². The van der Waals surface area contributed by atoms with Gasteiger partial charge < -0.3 is 11.1 Å². The van der Waals surface area contributed by atoms with Gasteiger partial charge in [0.1, 0.15) is 6.54 Å². The predicted molar refractivity (Wildman–Crippen MR) is 118 cm³/mol. The number of amides is 2. The minimum Gasteiger partial charge on any atom is -0.366 e. The molecular weight excluding hydrogens is 394 g/mol. The van der Waals surface area contributed by atoms with Crippen molar-refractivity contribution in [1.29, 1.82) is 0 Å². The second-order valence-electron chi connectivity index (χ2n) is 7.03. The van der Waals surface area contributed by atoms with Crippen LogP contribution in [0.4, 0.5) is 5.69 Å². The molecule has 2 aromatic heterocycles. The van der Waals surface area contributed by atoms with E-state index in [4.69, 9.17) is 5.73 Å². The van der Waals surface area contributed by atoms with Gasteiger partial charge in [-0.05, 0) is 48.4 Å². The fourth-order valence-corrected chi connectivity index (χ4v) is 3.53. The average Bonchev–Trinajstić information content (AvgIpc) is 3.05. The number of fused-ring (bicyclic) bond motifs is 1. The Kier molecular flexibility index (Phi) is 5.36. The molecule has 0 saturated heterocycles. The summed E-state index contributed by atoms with van der Waals surface area (Å²) in [6, 6.07) is 17.4. The number of aryl methyl sites for hydroxylation is 1. The summed E-state index contributed by atoms with van der Waals surface area (Å²) in [5, 5.41) is 3.12. The Morgan fingerprint density at radius 1 is 1.06 bits per heavy atom. The Hall–Kier alpha value is -4.20. The van der Waals surface area contributed by atoms with Gasteiger partial charge in [-0.15, -0.1) is 0 Å². The quantitative estimate of drug-likeness (QED) is 0.504. The van der Waals surface area contributed by atoms with Gasteiger partial charge in [-0.3, -0.25) is 19.1 Å². The Labute approximate surface area is 177 Å². The first kappa shape index (κ1) is 20.1. The first-order valence-corrected chi connectivity index (χ1v) is 9.84. The highest BCUT2D eigenvalue weighted by Crippen LogP contribution is 2.17. The molecule has 2 heterocycles. The zero-order valence-electron chi connectivity index (χ0n) is 16.9. The third kappa shape index (κ3) is 3.83. The van der Waals surface area contributed by atoms with Gasteiger partial charge in [-0.25, -0.2) is 9.67 Å². The maximum Gasteiger partial charge on any atom is 0.280 e. The first-order valence-electron chi connectivity index (χ1n) is 9.84. The van der Waals surface area contributed by atoms with Gasteiger partial charge in [0.2, 0.25) is 5.91 Å². The van der Waals surface area contributed by atoms with Crippen LogP contribution >= 0.6 is 0 Å². The lowest BCUT2D eigenvalue weighted by molar-refractivity contribution is -0.116. The molecule has 2 amide bonds. The molecule has 156 valence electrons. The molecule has 0 fully saturated rings. The number of hydrogen-bond acceptors (Lipinski definition) is 4. The predicted octanol–water partition coefficient (Wildman–Crippen LogP) is 2.49. The van der Waals surface area contributed by atoms with Crippen LogP contribution in [0.2, 0.25) is 0 Å². The number of rotatable bonds is 6. The van der Waals surface area contributed by atoms with Crippen molar-refractivity contribution in [3.63, 3.8) is 0 Å². The van der Waals surface area contributed by atoms with Crippen molar-refractivity contribution in [3.8, 4) is 5.69 Å². The SMILES string of the molecule is CCc1cccc(-n2c(=O)c3cccnc3n2CC(=O)Nc2ccccc2C(N)=O)c1. The molecule has 31 heavy (non-hydrogen) atoms. The van der Waals surface area contributed by atoms with E-state index in [9.17, 15) is 14.4 Å². The van der Waals surface area contributed by atoms with Crippen molar-refractivity contribution in [1.82, 2.24) is 14.3 Å². The second-order valence-corrected chi connectivity index (χ2v) is 7.03. The summed E-state index contributed by atoms with van der Waals surface area (Å²) < 4.78 is 2.99. The Bertz CT molecular complexity index is 1350. The molecule has 0 unspecified atom stereocenters. The number of benzene rings is 2. The van der Waals surface area contributed by atoms with Gasteiger partial charge in [0.25, 0.3) is 11.5 Å². The van der Waals surface area contributed by atoms with Crippen molar-refractivity contribution < 1.29 is 9.59 Å². The number of nitrogens with one attached hydrogen (secondary N) is 1. The molecule has 0 spiro atoms. The number of hydrogen-bond donors (Lipinski definition) is 2. The number of carbonyl (C=O) groups is 2. The van der Waals surface area contributed by atoms with Crippen molar-refractivity contribution in [2.45, 2.75) is 19.9 Å². The number of nitrogens with zero attached hydrogens (tertiary/aromatic N) is 3. The first-order chi connectivity index (χ1) is 15.0. The summed E-state index contributed by atoms with van der Waals surface area (Å²) in [6.07, 6.45) is 2.39. The lowest BCUT2D eigenvalue weighted by Crippen LogP contribution is -2.28. The van der Waals surface area contributed by atoms with Gasteiger partial charge in [0.15, 0.2) is 5.65 Å². The van der Waals surface area contributed by atoms with Crippen LogP contribution in [0, 0.1) is 0 Å². The maximum atomic E-state index is 13.1. The monoisotopic (exact) mass is 415 g/mol. The summed E-state index contributed by atoms with van der Waals surface area (Å²) in [6.45, 7) is 1.85. The number of anilines is 1. The second kappa shape index (κ2) is 8.27. The van der Waals surface area contributed by atoms with Gasteiger partial charge in [-0.2, -0.15) is 0 Å². The molecule has 4 aromatic rings. The van der Waals surface area contributed by atoms with Gasteiger partial charge in [0, 0.05) is 6.20 Å². The van der Waals surface area contributed by atoms with Crippen molar-refractivity contribution >= 4 is 28.5 Å². The van der Waals surface area contributed by atoms with Gasteiger partial charge in [-0.1, -0.05) is 31.2 Å². The molecule has 4 rings (SSSR count). The van der Waals surface area contributed by atoms with Gasteiger partial charge >= 0.3 is 0 Å². The van der Waals surface area contributed by atoms with Crippen LogP contribution in [0.25, 0.3) is 16.7 Å². The van der Waals surface area contributed by atoms with E-state index in [1.807, 2.05) is 31.2 Å². The Morgan fingerprint density at radius 2 is 1.87 bits per heavy atom. The average molecular weight is 415 g/mol. The largest absolute Gasteiger partial charge is 0.366 e. The van der Waals surface area contributed by atoms with Crippen LogP contribution in [0.1, 0.15) is 22.8 Å². The van der Waals surface area contributed by atoms with Crippen LogP contribution in [0.5, 0.6) is 0 Å². The summed E-state index contributed by atoms with van der Waals surface area (Å²) in [4.78, 5) is 42.0. The topological polar surface area (TPSA) is 112 Å². The highest BCUT2D eigenvalue weighted by Gasteiger charge is 2.19. The van der Waals surface area contributed by atoms with E-state index in [1.165, 1.54) is 15.4 Å². The standard InChI is InChI=1S/C23H21N5O3/c1-2-15-7-5-8-16(13-15)28-23(31)18-10-6-12-25-22(18)27(28)14-20(29)26-19-11-4-3-9-17(19)21(24)30/h3-13H,2,14H2,1H3,(H2,24,30)(H,26,29). The van der Waals surface area contributed by atoms with Gasteiger partial charge in [0.05, 0.1) is 22.3 Å². The number of aromatic nitrogens is 3. The third-order valence-electron chi connectivity index (χ3n) is 5.02. The van der Waals surface area contributed by atoms with Crippen LogP contribution < -0.4 is 16.6 Å². The van der Waals surface area contributed by atoms with E-state index in [2.05, 4.69) is 10.3 Å². The van der Waals surface area contributed by atoms with E-state index < -0.39 is 11.8 Å². The number of primary amides is 1. The molecule has 0 aliphatic carbocycles. The van der Waals surface area contributed by atoms with E-state index in [1.54, 1.807) is 36.5 Å². The van der Waals surface area contributed by atoms with E-state index in [-0.39, 0.29) is 17.7 Å². The zero-order chi connectivity index (χ0) is 22.0. The molecule has 0 aliphatic heterocycles. The molecule has 0 bridgehead atoms. The summed E-state index contributed by atoms with van der Waals surface area (Å²) in [5.74, 6) is -1.06. The fraction of sp³-hybridized carbons (Fsp3) is 0.130. The summed E-state index contributed by atoms with van der Waals surface area (Å²) >= 11 is 0. The molecule has 0 atom stereocenters. The number of carbonyl (C=O) groups excluding carboxylic acids is 2. The molecule has 2 aromatic carbocycles. The summed E-state index contributed by atoms with van der Waals surface area (Å²) in [7, 11) is 0. The minimum absolute atomic E-state index is 0.181. The molecule has 3 N–H and O–H groups in total. The zero-order valence-corrected chi connectivity index (χ0v) is 16.9. The smallest absolute Gasteiger partial charge is 0.280 e.